The van der Waals surface area contributed by atoms with Gasteiger partial charge in [-0.1, -0.05) is 0 Å². The molecule has 0 atom stereocenters. The van der Waals surface area contributed by atoms with Crippen LogP contribution in [0.5, 0.6) is 0 Å². The van der Waals surface area contributed by atoms with Crippen LogP contribution >= 0.6 is 11.6 Å². The number of halogens is 1. The minimum absolute atomic E-state index is 0.297. The maximum Gasteiger partial charge on any atom is 0.316 e. The van der Waals surface area contributed by atoms with Crippen molar-refractivity contribution in [1.82, 2.24) is 4.90 Å². The topological polar surface area (TPSA) is 20.3 Å². The van der Waals surface area contributed by atoms with Gasteiger partial charge in [0.1, 0.15) is 0 Å². The molecule has 0 unspecified atom stereocenters. The van der Waals surface area contributed by atoms with E-state index in [1.807, 2.05) is 0 Å². The fourth-order valence-corrected chi connectivity index (χ4v) is 1.24. The first-order valence-corrected chi connectivity index (χ1v) is 3.63. The van der Waals surface area contributed by atoms with Gasteiger partial charge in [0.15, 0.2) is 0 Å². The van der Waals surface area contributed by atoms with E-state index < -0.39 is 0 Å². The van der Waals surface area contributed by atoms with Gasteiger partial charge in [-0.2, -0.15) is 0 Å². The number of hydrogen-bond donors (Lipinski definition) is 0. The van der Waals surface area contributed by atoms with Crippen molar-refractivity contribution in [2.75, 3.05) is 13.1 Å². The Kier molecular flexibility index (Phi) is 2.34. The third kappa shape index (κ3) is 1.86. The molecular formula is C6H10ClNO. The van der Waals surface area contributed by atoms with Gasteiger partial charge < -0.3 is 4.90 Å². The summed E-state index contributed by atoms with van der Waals surface area (Å²) >= 11 is 5.24. The van der Waals surface area contributed by atoms with Crippen molar-refractivity contribution in [3.8, 4) is 0 Å². The Morgan fingerprint density at radius 3 is 2.11 bits per heavy atom. The number of rotatable bonds is 0. The molecule has 1 aliphatic heterocycles. The maximum absolute atomic E-state index is 10.5. The summed E-state index contributed by atoms with van der Waals surface area (Å²) in [5.41, 5.74) is 0. The van der Waals surface area contributed by atoms with Gasteiger partial charge in [0, 0.05) is 13.1 Å². The number of hydrogen-bond acceptors (Lipinski definition) is 1. The average Bonchev–Trinajstić information content (AvgIpc) is 1.90. The fourth-order valence-electron chi connectivity index (χ4n) is 1.07. The van der Waals surface area contributed by atoms with Crippen LogP contribution in [0, 0.1) is 0 Å². The molecule has 0 aromatic rings. The lowest BCUT2D eigenvalue weighted by Crippen LogP contribution is -2.31. The number of likely N-dealkylation sites (tertiary alicyclic amines) is 1. The van der Waals surface area contributed by atoms with Crippen molar-refractivity contribution in [1.29, 1.82) is 0 Å². The van der Waals surface area contributed by atoms with Gasteiger partial charge in [0.2, 0.25) is 0 Å². The molecule has 0 N–H and O–H groups in total. The van der Waals surface area contributed by atoms with Crippen LogP contribution in [0.3, 0.4) is 0 Å². The molecule has 9 heavy (non-hydrogen) atoms. The van der Waals surface area contributed by atoms with Crippen LogP contribution in [-0.4, -0.2) is 23.4 Å². The third-order valence-corrected chi connectivity index (χ3v) is 1.84. The van der Waals surface area contributed by atoms with Gasteiger partial charge in [-0.15, -0.1) is 0 Å². The van der Waals surface area contributed by atoms with Gasteiger partial charge >= 0.3 is 5.37 Å². The van der Waals surface area contributed by atoms with E-state index in [1.165, 1.54) is 6.42 Å². The summed E-state index contributed by atoms with van der Waals surface area (Å²) in [6, 6.07) is 0. The summed E-state index contributed by atoms with van der Waals surface area (Å²) in [6.45, 7) is 1.70. The molecule has 0 aromatic carbocycles. The van der Waals surface area contributed by atoms with Crippen LogP contribution in [0.4, 0.5) is 4.79 Å². The summed E-state index contributed by atoms with van der Waals surface area (Å²) in [5.74, 6) is 0. The van der Waals surface area contributed by atoms with Crippen LogP contribution in [0.25, 0.3) is 0 Å². The molecular weight excluding hydrogens is 140 g/mol. The zero-order valence-corrected chi connectivity index (χ0v) is 6.02. The van der Waals surface area contributed by atoms with Gasteiger partial charge in [-0.25, -0.2) is 0 Å². The SMILES string of the molecule is O=[14C](Cl)N1CCCCC1. The van der Waals surface area contributed by atoms with Gasteiger partial charge in [-0.3, -0.25) is 4.79 Å². The second kappa shape index (κ2) is 3.06. The zero-order valence-electron chi connectivity index (χ0n) is 5.27. The van der Waals surface area contributed by atoms with Crippen LogP contribution < -0.4 is 0 Å². The Labute approximate surface area is 59.8 Å². The Morgan fingerprint density at radius 1 is 1.22 bits per heavy atom. The lowest BCUT2D eigenvalue weighted by atomic mass is 10.2. The average molecular weight is 150 g/mol. The van der Waals surface area contributed by atoms with Crippen LogP contribution in [0.2, 0.25) is 0 Å². The van der Waals surface area contributed by atoms with E-state index in [1.54, 1.807) is 4.90 Å². The summed E-state index contributed by atoms with van der Waals surface area (Å²) in [4.78, 5) is 12.2. The molecule has 0 aromatic heterocycles. The molecule has 1 fully saturated rings. The fraction of sp³-hybridized carbons (Fsp3) is 0.833. The zero-order chi connectivity index (χ0) is 6.69. The second-order valence-electron chi connectivity index (χ2n) is 2.30. The highest BCUT2D eigenvalue weighted by Crippen LogP contribution is 2.09. The van der Waals surface area contributed by atoms with E-state index in [0.29, 0.717) is 0 Å². The van der Waals surface area contributed by atoms with E-state index in [4.69, 9.17) is 11.6 Å². The first kappa shape index (κ1) is 6.87. The van der Waals surface area contributed by atoms with Crippen molar-refractivity contribution in [3.63, 3.8) is 0 Å². The van der Waals surface area contributed by atoms with Crippen molar-refractivity contribution >= 4 is 17.0 Å². The van der Waals surface area contributed by atoms with Crippen molar-refractivity contribution in [3.05, 3.63) is 0 Å². The minimum Gasteiger partial charge on any atom is -0.329 e. The quantitative estimate of drug-likeness (QED) is 0.380. The number of nitrogens with zero attached hydrogens (tertiary/aromatic N) is 1. The highest BCUT2D eigenvalue weighted by molar-refractivity contribution is 6.62. The van der Waals surface area contributed by atoms with Crippen molar-refractivity contribution in [2.24, 2.45) is 0 Å². The first-order valence-electron chi connectivity index (χ1n) is 3.25. The molecule has 1 amide bonds. The molecule has 0 spiro atoms. The molecule has 3 heteroatoms. The number of amides is 1. The number of carbonyl (C=O) groups excluding carboxylic acids is 1. The Hall–Kier alpha value is -0.240. The normalized spacial score (nSPS) is 19.9. The molecule has 0 bridgehead atoms. The van der Waals surface area contributed by atoms with E-state index >= 15 is 0 Å². The lowest BCUT2D eigenvalue weighted by Gasteiger charge is -2.23. The van der Waals surface area contributed by atoms with Crippen LogP contribution in [0.15, 0.2) is 0 Å². The lowest BCUT2D eigenvalue weighted by molar-refractivity contribution is 0.210. The van der Waals surface area contributed by atoms with Crippen LogP contribution in [0.1, 0.15) is 19.3 Å². The Bertz CT molecular complexity index is 110. The van der Waals surface area contributed by atoms with Crippen molar-refractivity contribution < 1.29 is 4.79 Å². The van der Waals surface area contributed by atoms with E-state index in [-0.39, 0.29) is 5.37 Å². The summed E-state index contributed by atoms with van der Waals surface area (Å²) in [6.07, 6.45) is 3.46. The van der Waals surface area contributed by atoms with Gasteiger partial charge in [0.05, 0.1) is 0 Å². The third-order valence-electron chi connectivity index (χ3n) is 1.60. The highest BCUT2D eigenvalue weighted by Gasteiger charge is 2.12. The van der Waals surface area contributed by atoms with E-state index in [9.17, 15) is 4.79 Å². The maximum atomic E-state index is 10.5. The summed E-state index contributed by atoms with van der Waals surface area (Å²) in [7, 11) is 0. The van der Waals surface area contributed by atoms with E-state index in [2.05, 4.69) is 0 Å². The van der Waals surface area contributed by atoms with Crippen molar-refractivity contribution in [2.45, 2.75) is 19.3 Å². The van der Waals surface area contributed by atoms with Gasteiger partial charge in [-0.05, 0) is 30.9 Å². The smallest absolute Gasteiger partial charge is 0.316 e. The Morgan fingerprint density at radius 2 is 1.78 bits per heavy atom. The van der Waals surface area contributed by atoms with E-state index in [0.717, 1.165) is 25.9 Å². The summed E-state index contributed by atoms with van der Waals surface area (Å²) in [5, 5.41) is -0.297. The molecule has 1 saturated heterocycles. The molecule has 1 aliphatic rings. The molecule has 0 saturated carbocycles. The Balaban J connectivity index is 2.31. The second-order valence-corrected chi connectivity index (χ2v) is 2.62. The highest BCUT2D eigenvalue weighted by atomic mass is 35.5. The molecule has 1 rings (SSSR count). The minimum atomic E-state index is -0.297. The number of carbonyl (C=O) groups is 1. The standard InChI is InChI=1S/C6H10ClNO/c7-6(9)8-4-2-1-3-5-8/h1-5H2/i6+2. The molecule has 52 valence electrons. The predicted molar refractivity (Wildman–Crippen MR) is 36.7 cm³/mol. The number of piperidine rings is 1. The molecule has 0 aliphatic carbocycles. The molecule has 1 heterocycles. The largest absolute Gasteiger partial charge is 0.329 e. The summed E-state index contributed by atoms with van der Waals surface area (Å²) < 4.78 is 0. The molecule has 2 nitrogen and oxygen atoms in total. The first-order chi connectivity index (χ1) is 4.30. The van der Waals surface area contributed by atoms with Gasteiger partial charge in [0.25, 0.3) is 0 Å². The van der Waals surface area contributed by atoms with Crippen LogP contribution in [-0.2, 0) is 0 Å². The predicted octanol–water partition coefficient (Wildman–Crippen LogP) is 1.83. The monoisotopic (exact) mass is 149 g/mol. The molecule has 0 radical (unpaired) electrons.